The van der Waals surface area contributed by atoms with Crippen LogP contribution in [-0.2, 0) is 4.79 Å². The molecule has 0 fully saturated rings. The molecule has 0 spiro atoms. The summed E-state index contributed by atoms with van der Waals surface area (Å²) in [5.74, 6) is -0.235. The Morgan fingerprint density at radius 2 is 2.38 bits per heavy atom. The van der Waals surface area contributed by atoms with E-state index < -0.39 is 5.38 Å². The highest BCUT2D eigenvalue weighted by atomic mass is 79.9. The van der Waals surface area contributed by atoms with Crippen molar-refractivity contribution in [1.82, 2.24) is 10.3 Å². The molecule has 1 unspecified atom stereocenters. The van der Waals surface area contributed by atoms with Crippen LogP contribution in [0.4, 0.5) is 0 Å². The predicted octanol–water partition coefficient (Wildman–Crippen LogP) is 1.87. The summed E-state index contributed by atoms with van der Waals surface area (Å²) in [6.07, 6.45) is 3.20. The Bertz CT molecular complexity index is 319. The number of carbonyl (C=O) groups is 1. The average Bonchev–Trinajstić information content (AvgIpc) is 2.15. The molecule has 1 heterocycles. The highest BCUT2D eigenvalue weighted by molar-refractivity contribution is 9.10. The minimum atomic E-state index is -0.685. The van der Waals surface area contributed by atoms with Gasteiger partial charge in [0.2, 0.25) is 5.91 Å². The molecule has 13 heavy (non-hydrogen) atoms. The molecule has 5 heteroatoms. The standard InChI is InChI=1S/C8H8BrClN2O/c1-11-8(13)7(10)5-2-6(9)4-12-3-5/h2-4,7H,1H3,(H,11,13). The lowest BCUT2D eigenvalue weighted by atomic mass is 10.2. The van der Waals surface area contributed by atoms with Gasteiger partial charge in [-0.05, 0) is 27.6 Å². The summed E-state index contributed by atoms with van der Waals surface area (Å²) in [5.41, 5.74) is 0.676. The van der Waals surface area contributed by atoms with Gasteiger partial charge in [0.05, 0.1) is 0 Å². The van der Waals surface area contributed by atoms with Crippen LogP contribution in [-0.4, -0.2) is 17.9 Å². The van der Waals surface area contributed by atoms with Crippen molar-refractivity contribution in [3.8, 4) is 0 Å². The first kappa shape index (κ1) is 10.5. The third-order valence-electron chi connectivity index (χ3n) is 1.50. The zero-order chi connectivity index (χ0) is 9.84. The number of carbonyl (C=O) groups excluding carboxylic acids is 1. The third kappa shape index (κ3) is 2.67. The number of nitrogens with one attached hydrogen (secondary N) is 1. The molecule has 1 aromatic heterocycles. The molecule has 1 amide bonds. The normalized spacial score (nSPS) is 12.2. The lowest BCUT2D eigenvalue weighted by Gasteiger charge is -2.07. The lowest BCUT2D eigenvalue weighted by molar-refractivity contribution is -0.120. The number of alkyl halides is 1. The van der Waals surface area contributed by atoms with Gasteiger partial charge in [-0.3, -0.25) is 9.78 Å². The molecule has 0 radical (unpaired) electrons. The van der Waals surface area contributed by atoms with Gasteiger partial charge in [0.1, 0.15) is 5.38 Å². The summed E-state index contributed by atoms with van der Waals surface area (Å²) >= 11 is 9.10. The fourth-order valence-corrected chi connectivity index (χ4v) is 1.46. The smallest absolute Gasteiger partial charge is 0.242 e. The molecule has 0 bridgehead atoms. The number of pyridine rings is 1. The van der Waals surface area contributed by atoms with Gasteiger partial charge in [-0.15, -0.1) is 11.6 Å². The van der Waals surface area contributed by atoms with Gasteiger partial charge in [0.25, 0.3) is 0 Å². The van der Waals surface area contributed by atoms with Crippen LogP contribution in [0.2, 0.25) is 0 Å². The van der Waals surface area contributed by atoms with Crippen LogP contribution in [0.15, 0.2) is 22.9 Å². The molecule has 0 saturated carbocycles. The monoisotopic (exact) mass is 262 g/mol. The van der Waals surface area contributed by atoms with Gasteiger partial charge in [0.15, 0.2) is 0 Å². The molecule has 70 valence electrons. The molecular formula is C8H8BrClN2O. The fraction of sp³-hybridized carbons (Fsp3) is 0.250. The summed E-state index contributed by atoms with van der Waals surface area (Å²) in [6, 6.07) is 1.76. The van der Waals surface area contributed by atoms with E-state index in [2.05, 4.69) is 26.2 Å². The van der Waals surface area contributed by atoms with Crippen molar-refractivity contribution < 1.29 is 4.79 Å². The molecule has 0 aliphatic heterocycles. The first-order chi connectivity index (χ1) is 6.15. The molecule has 3 nitrogen and oxygen atoms in total. The van der Waals surface area contributed by atoms with E-state index in [1.807, 2.05) is 0 Å². The second-order valence-corrected chi connectivity index (χ2v) is 3.77. The van der Waals surface area contributed by atoms with Crippen molar-refractivity contribution in [3.63, 3.8) is 0 Å². The summed E-state index contributed by atoms with van der Waals surface area (Å²) in [5, 5.41) is 1.78. The van der Waals surface area contributed by atoms with Crippen LogP contribution in [0.1, 0.15) is 10.9 Å². The average molecular weight is 264 g/mol. The van der Waals surface area contributed by atoms with Crippen LogP contribution in [0, 0.1) is 0 Å². The predicted molar refractivity (Wildman–Crippen MR) is 54.6 cm³/mol. The van der Waals surface area contributed by atoms with E-state index in [0.717, 1.165) is 4.47 Å². The van der Waals surface area contributed by atoms with Crippen molar-refractivity contribution >= 4 is 33.4 Å². The summed E-state index contributed by atoms with van der Waals surface area (Å²) < 4.78 is 0.805. The first-order valence-electron chi connectivity index (χ1n) is 3.61. The van der Waals surface area contributed by atoms with E-state index in [-0.39, 0.29) is 5.91 Å². The molecule has 1 aromatic rings. The molecule has 0 aromatic carbocycles. The van der Waals surface area contributed by atoms with Crippen molar-refractivity contribution in [2.45, 2.75) is 5.38 Å². The zero-order valence-electron chi connectivity index (χ0n) is 6.92. The minimum Gasteiger partial charge on any atom is -0.358 e. The van der Waals surface area contributed by atoms with E-state index in [4.69, 9.17) is 11.6 Å². The number of hydrogen-bond donors (Lipinski definition) is 1. The Morgan fingerprint density at radius 1 is 1.69 bits per heavy atom. The van der Waals surface area contributed by atoms with Crippen molar-refractivity contribution in [3.05, 3.63) is 28.5 Å². The van der Waals surface area contributed by atoms with Crippen LogP contribution < -0.4 is 5.32 Å². The largest absolute Gasteiger partial charge is 0.358 e. The Morgan fingerprint density at radius 3 is 2.92 bits per heavy atom. The van der Waals surface area contributed by atoms with Gasteiger partial charge in [-0.2, -0.15) is 0 Å². The third-order valence-corrected chi connectivity index (χ3v) is 2.38. The molecule has 0 saturated heterocycles. The van der Waals surface area contributed by atoms with Crippen LogP contribution in [0.25, 0.3) is 0 Å². The number of rotatable bonds is 2. The maximum atomic E-state index is 11.1. The van der Waals surface area contributed by atoms with E-state index in [9.17, 15) is 4.79 Å². The van der Waals surface area contributed by atoms with Crippen LogP contribution in [0.5, 0.6) is 0 Å². The molecule has 0 aliphatic rings. The van der Waals surface area contributed by atoms with Crippen LogP contribution in [0.3, 0.4) is 0 Å². The summed E-state index contributed by atoms with van der Waals surface area (Å²) in [7, 11) is 1.54. The van der Waals surface area contributed by atoms with E-state index >= 15 is 0 Å². The number of amides is 1. The van der Waals surface area contributed by atoms with E-state index in [0.29, 0.717) is 5.56 Å². The summed E-state index contributed by atoms with van der Waals surface area (Å²) in [4.78, 5) is 15.0. The Hall–Kier alpha value is -0.610. The number of likely N-dealkylation sites (N-methyl/N-ethyl adjacent to an activating group) is 1. The number of halogens is 2. The van der Waals surface area contributed by atoms with Gasteiger partial charge in [-0.25, -0.2) is 0 Å². The highest BCUT2D eigenvalue weighted by Gasteiger charge is 2.16. The molecule has 0 aliphatic carbocycles. The maximum absolute atomic E-state index is 11.1. The Balaban J connectivity index is 2.88. The van der Waals surface area contributed by atoms with Crippen molar-refractivity contribution in [2.24, 2.45) is 0 Å². The second kappa shape index (κ2) is 4.58. The van der Waals surface area contributed by atoms with E-state index in [1.165, 1.54) is 0 Å². The Kier molecular flexibility index (Phi) is 3.69. The van der Waals surface area contributed by atoms with Gasteiger partial charge in [0, 0.05) is 23.9 Å². The van der Waals surface area contributed by atoms with Crippen molar-refractivity contribution in [1.29, 1.82) is 0 Å². The minimum absolute atomic E-state index is 0.235. The molecule has 1 rings (SSSR count). The first-order valence-corrected chi connectivity index (χ1v) is 4.84. The number of hydrogen-bond acceptors (Lipinski definition) is 2. The highest BCUT2D eigenvalue weighted by Crippen LogP contribution is 2.22. The fourth-order valence-electron chi connectivity index (χ4n) is 0.845. The van der Waals surface area contributed by atoms with Crippen molar-refractivity contribution in [2.75, 3.05) is 7.05 Å². The topological polar surface area (TPSA) is 42.0 Å². The molecular weight excluding hydrogens is 255 g/mol. The lowest BCUT2D eigenvalue weighted by Crippen LogP contribution is -2.22. The van der Waals surface area contributed by atoms with E-state index in [1.54, 1.807) is 25.5 Å². The quantitative estimate of drug-likeness (QED) is 0.828. The number of aromatic nitrogens is 1. The molecule has 1 N–H and O–H groups in total. The van der Waals surface area contributed by atoms with Gasteiger partial charge in [-0.1, -0.05) is 0 Å². The van der Waals surface area contributed by atoms with Gasteiger partial charge >= 0.3 is 0 Å². The summed E-state index contributed by atoms with van der Waals surface area (Å²) in [6.45, 7) is 0. The maximum Gasteiger partial charge on any atom is 0.242 e. The Labute approximate surface area is 89.6 Å². The SMILES string of the molecule is CNC(=O)C(Cl)c1cncc(Br)c1. The second-order valence-electron chi connectivity index (χ2n) is 2.41. The molecule has 1 atom stereocenters. The zero-order valence-corrected chi connectivity index (χ0v) is 9.26. The van der Waals surface area contributed by atoms with Crippen LogP contribution >= 0.6 is 27.5 Å². The van der Waals surface area contributed by atoms with Gasteiger partial charge < -0.3 is 5.32 Å². The number of nitrogens with zero attached hydrogens (tertiary/aromatic N) is 1.